The summed E-state index contributed by atoms with van der Waals surface area (Å²) in [5, 5.41) is 3.25. The predicted octanol–water partition coefficient (Wildman–Crippen LogP) is 1.87. The van der Waals surface area contributed by atoms with Gasteiger partial charge in [0.2, 0.25) is 11.8 Å². The zero-order valence-corrected chi connectivity index (χ0v) is 14.6. The Morgan fingerprint density at radius 2 is 1.88 bits per heavy atom. The molecule has 6 nitrogen and oxygen atoms in total. The van der Waals surface area contributed by atoms with E-state index < -0.39 is 0 Å². The molecular formula is C17H19FN4O2S. The van der Waals surface area contributed by atoms with E-state index >= 15 is 0 Å². The first-order chi connectivity index (χ1) is 12.1. The van der Waals surface area contributed by atoms with Gasteiger partial charge in [0.1, 0.15) is 5.82 Å². The zero-order valence-electron chi connectivity index (χ0n) is 13.8. The van der Waals surface area contributed by atoms with Crippen LogP contribution in [0.5, 0.6) is 0 Å². The molecule has 8 heteroatoms. The summed E-state index contributed by atoms with van der Waals surface area (Å²) in [4.78, 5) is 33.8. The van der Waals surface area contributed by atoms with Crippen LogP contribution in [-0.4, -0.2) is 45.5 Å². The fourth-order valence-corrected chi connectivity index (χ4v) is 2.69. The van der Waals surface area contributed by atoms with Gasteiger partial charge in [-0.1, -0.05) is 23.9 Å². The van der Waals surface area contributed by atoms with Crippen LogP contribution in [0.3, 0.4) is 0 Å². The van der Waals surface area contributed by atoms with Crippen molar-refractivity contribution >= 4 is 23.6 Å². The Labute approximate surface area is 149 Å². The monoisotopic (exact) mass is 362 g/mol. The molecule has 0 aliphatic rings. The van der Waals surface area contributed by atoms with Crippen molar-refractivity contribution in [3.8, 4) is 0 Å². The largest absolute Gasteiger partial charge is 0.350 e. The number of aromatic nitrogens is 2. The van der Waals surface area contributed by atoms with Crippen molar-refractivity contribution < 1.29 is 14.0 Å². The lowest BCUT2D eigenvalue weighted by atomic mass is 10.2. The number of nitrogens with one attached hydrogen (secondary N) is 1. The molecule has 0 radical (unpaired) electrons. The molecule has 1 aromatic heterocycles. The number of thioether (sulfide) groups is 1. The number of halogens is 1. The Hall–Kier alpha value is -2.48. The first-order valence-electron chi connectivity index (χ1n) is 7.77. The molecular weight excluding hydrogens is 343 g/mol. The lowest BCUT2D eigenvalue weighted by molar-refractivity contribution is -0.133. The molecule has 0 saturated carbocycles. The highest BCUT2D eigenvalue weighted by atomic mass is 32.2. The minimum absolute atomic E-state index is 0.0211. The van der Waals surface area contributed by atoms with Gasteiger partial charge in [0.15, 0.2) is 5.16 Å². The van der Waals surface area contributed by atoms with Crippen molar-refractivity contribution in [3.05, 3.63) is 54.1 Å². The van der Waals surface area contributed by atoms with E-state index in [9.17, 15) is 14.0 Å². The van der Waals surface area contributed by atoms with Crippen LogP contribution in [0.15, 0.2) is 47.9 Å². The molecule has 1 heterocycles. The molecule has 132 valence electrons. The SMILES string of the molecule is CCN(CC(=O)NCc1ccc(F)cc1)C(=O)CSc1ncccn1. The number of nitrogens with zero attached hydrogens (tertiary/aromatic N) is 3. The summed E-state index contributed by atoms with van der Waals surface area (Å²) in [6, 6.07) is 7.60. The van der Waals surface area contributed by atoms with Gasteiger partial charge in [0, 0.05) is 25.5 Å². The molecule has 0 bridgehead atoms. The number of benzene rings is 1. The third kappa shape index (κ3) is 6.50. The molecule has 2 aromatic rings. The number of hydrogen-bond acceptors (Lipinski definition) is 5. The maximum absolute atomic E-state index is 12.8. The minimum Gasteiger partial charge on any atom is -0.350 e. The van der Waals surface area contributed by atoms with E-state index in [-0.39, 0.29) is 36.5 Å². The fraction of sp³-hybridized carbons (Fsp3) is 0.294. The summed E-state index contributed by atoms with van der Waals surface area (Å²) in [5.41, 5.74) is 0.793. The number of carbonyl (C=O) groups excluding carboxylic acids is 2. The van der Waals surface area contributed by atoms with Gasteiger partial charge in [-0.05, 0) is 30.7 Å². The van der Waals surface area contributed by atoms with Crippen LogP contribution in [0.2, 0.25) is 0 Å². The summed E-state index contributed by atoms with van der Waals surface area (Å²) >= 11 is 1.23. The second-order valence-corrected chi connectivity index (χ2v) is 6.07. The third-order valence-electron chi connectivity index (χ3n) is 3.34. The average molecular weight is 362 g/mol. The number of likely N-dealkylation sites (N-methyl/N-ethyl adjacent to an activating group) is 1. The standard InChI is InChI=1S/C17H19FN4O2S/c1-2-22(16(24)12-25-17-19-8-3-9-20-17)11-15(23)21-10-13-4-6-14(18)7-5-13/h3-9H,2,10-12H2,1H3,(H,21,23). The van der Waals surface area contributed by atoms with Crippen molar-refractivity contribution in [2.24, 2.45) is 0 Å². The first kappa shape index (κ1) is 18.9. The van der Waals surface area contributed by atoms with E-state index in [0.29, 0.717) is 11.7 Å². The smallest absolute Gasteiger partial charge is 0.239 e. The van der Waals surface area contributed by atoms with Crippen LogP contribution in [0.1, 0.15) is 12.5 Å². The highest BCUT2D eigenvalue weighted by molar-refractivity contribution is 7.99. The van der Waals surface area contributed by atoms with E-state index in [1.54, 1.807) is 30.6 Å². The third-order valence-corrected chi connectivity index (χ3v) is 4.20. The van der Waals surface area contributed by atoms with Gasteiger partial charge in [-0.25, -0.2) is 14.4 Å². The number of amides is 2. The lowest BCUT2D eigenvalue weighted by Crippen LogP contribution is -2.41. The van der Waals surface area contributed by atoms with Crippen molar-refractivity contribution in [1.29, 1.82) is 0 Å². The fourth-order valence-electron chi connectivity index (χ4n) is 1.99. The van der Waals surface area contributed by atoms with Crippen LogP contribution in [0, 0.1) is 5.82 Å². The van der Waals surface area contributed by atoms with Crippen molar-refractivity contribution in [3.63, 3.8) is 0 Å². The molecule has 0 unspecified atom stereocenters. The summed E-state index contributed by atoms with van der Waals surface area (Å²) in [6.45, 7) is 2.51. The highest BCUT2D eigenvalue weighted by Gasteiger charge is 2.16. The lowest BCUT2D eigenvalue weighted by Gasteiger charge is -2.20. The second kappa shape index (κ2) is 9.73. The first-order valence-corrected chi connectivity index (χ1v) is 8.75. The number of carbonyl (C=O) groups is 2. The van der Waals surface area contributed by atoms with Crippen LogP contribution in [-0.2, 0) is 16.1 Å². The van der Waals surface area contributed by atoms with Gasteiger partial charge < -0.3 is 10.2 Å². The van der Waals surface area contributed by atoms with Crippen molar-refractivity contribution in [2.45, 2.75) is 18.6 Å². The van der Waals surface area contributed by atoms with Crippen LogP contribution < -0.4 is 5.32 Å². The molecule has 0 spiro atoms. The Morgan fingerprint density at radius 1 is 1.20 bits per heavy atom. The molecule has 2 amide bonds. The molecule has 25 heavy (non-hydrogen) atoms. The average Bonchev–Trinajstić information content (AvgIpc) is 2.64. The highest BCUT2D eigenvalue weighted by Crippen LogP contribution is 2.11. The molecule has 0 aliphatic heterocycles. The van der Waals surface area contributed by atoms with E-state index in [1.807, 2.05) is 6.92 Å². The van der Waals surface area contributed by atoms with E-state index in [1.165, 1.54) is 28.8 Å². The zero-order chi connectivity index (χ0) is 18.1. The van der Waals surface area contributed by atoms with Crippen molar-refractivity contribution in [1.82, 2.24) is 20.2 Å². The molecule has 0 aliphatic carbocycles. The molecule has 1 aromatic carbocycles. The van der Waals surface area contributed by atoms with E-state index in [2.05, 4.69) is 15.3 Å². The second-order valence-electron chi connectivity index (χ2n) is 5.13. The van der Waals surface area contributed by atoms with Gasteiger partial charge in [-0.3, -0.25) is 9.59 Å². The van der Waals surface area contributed by atoms with E-state index in [0.717, 1.165) is 5.56 Å². The number of rotatable bonds is 8. The summed E-state index contributed by atoms with van der Waals surface area (Å²) < 4.78 is 12.8. The van der Waals surface area contributed by atoms with Gasteiger partial charge in [-0.15, -0.1) is 0 Å². The molecule has 2 rings (SSSR count). The number of hydrogen-bond donors (Lipinski definition) is 1. The predicted molar refractivity (Wildman–Crippen MR) is 93.3 cm³/mol. The van der Waals surface area contributed by atoms with E-state index in [4.69, 9.17) is 0 Å². The Balaban J connectivity index is 1.78. The topological polar surface area (TPSA) is 75.2 Å². The molecule has 0 saturated heterocycles. The molecule has 0 fully saturated rings. The molecule has 0 atom stereocenters. The Morgan fingerprint density at radius 3 is 2.52 bits per heavy atom. The maximum Gasteiger partial charge on any atom is 0.239 e. The normalized spacial score (nSPS) is 10.3. The van der Waals surface area contributed by atoms with Crippen molar-refractivity contribution in [2.75, 3.05) is 18.8 Å². The Kier molecular flexibility index (Phi) is 7.34. The summed E-state index contributed by atoms with van der Waals surface area (Å²) in [5.74, 6) is -0.571. The van der Waals surface area contributed by atoms with Crippen LogP contribution >= 0.6 is 11.8 Å². The van der Waals surface area contributed by atoms with Gasteiger partial charge in [-0.2, -0.15) is 0 Å². The molecule has 1 N–H and O–H groups in total. The van der Waals surface area contributed by atoms with Crippen LogP contribution in [0.4, 0.5) is 4.39 Å². The van der Waals surface area contributed by atoms with Crippen LogP contribution in [0.25, 0.3) is 0 Å². The summed E-state index contributed by atoms with van der Waals surface area (Å²) in [6.07, 6.45) is 3.22. The van der Waals surface area contributed by atoms with Gasteiger partial charge >= 0.3 is 0 Å². The quantitative estimate of drug-likeness (QED) is 0.573. The summed E-state index contributed by atoms with van der Waals surface area (Å²) in [7, 11) is 0. The Bertz CT molecular complexity index is 698. The minimum atomic E-state index is -0.322. The maximum atomic E-state index is 12.8. The van der Waals surface area contributed by atoms with Gasteiger partial charge in [0.25, 0.3) is 0 Å². The van der Waals surface area contributed by atoms with Gasteiger partial charge in [0.05, 0.1) is 12.3 Å².